The van der Waals surface area contributed by atoms with Crippen LogP contribution in [0, 0.1) is 0 Å². The number of carbonyl (C=O) groups is 1. The summed E-state index contributed by atoms with van der Waals surface area (Å²) in [5, 5.41) is 28.7. The van der Waals surface area contributed by atoms with E-state index in [1.54, 1.807) is 12.1 Å². The van der Waals surface area contributed by atoms with Crippen LogP contribution in [0.5, 0.6) is 23.0 Å². The van der Waals surface area contributed by atoms with Gasteiger partial charge in [-0.3, -0.25) is 4.79 Å². The van der Waals surface area contributed by atoms with E-state index in [0.717, 1.165) is 0 Å². The molecule has 5 nitrogen and oxygen atoms in total. The molecule has 0 atom stereocenters. The first kappa shape index (κ1) is 14.5. The lowest BCUT2D eigenvalue weighted by Gasteiger charge is -2.08. The van der Waals surface area contributed by atoms with Gasteiger partial charge in [-0.25, -0.2) is 0 Å². The Morgan fingerprint density at radius 1 is 1.14 bits per heavy atom. The van der Waals surface area contributed by atoms with E-state index in [1.807, 2.05) is 0 Å². The fourth-order valence-corrected chi connectivity index (χ4v) is 1.85. The SMILES string of the molecule is COc1c(O)ccc(C(=O)/C=C/c2cccc(O)c2)c1O. The summed E-state index contributed by atoms with van der Waals surface area (Å²) in [5.74, 6) is -1.16. The normalized spacial score (nSPS) is 10.7. The minimum absolute atomic E-state index is 0.0149. The first-order valence-electron chi connectivity index (χ1n) is 6.13. The zero-order chi connectivity index (χ0) is 15.4. The molecule has 0 aliphatic heterocycles. The predicted molar refractivity (Wildman–Crippen MR) is 77.8 cm³/mol. The van der Waals surface area contributed by atoms with Crippen molar-refractivity contribution in [3.05, 3.63) is 53.6 Å². The molecule has 0 fully saturated rings. The van der Waals surface area contributed by atoms with Gasteiger partial charge < -0.3 is 20.1 Å². The molecule has 108 valence electrons. The monoisotopic (exact) mass is 286 g/mol. The van der Waals surface area contributed by atoms with Crippen LogP contribution in [0.1, 0.15) is 15.9 Å². The van der Waals surface area contributed by atoms with Gasteiger partial charge in [0, 0.05) is 0 Å². The van der Waals surface area contributed by atoms with Gasteiger partial charge >= 0.3 is 0 Å². The fraction of sp³-hybridized carbons (Fsp3) is 0.0625. The van der Waals surface area contributed by atoms with Crippen LogP contribution >= 0.6 is 0 Å². The molecular weight excluding hydrogens is 272 g/mol. The van der Waals surface area contributed by atoms with E-state index in [4.69, 9.17) is 4.74 Å². The van der Waals surface area contributed by atoms with E-state index in [0.29, 0.717) is 5.56 Å². The number of aromatic hydroxyl groups is 3. The lowest BCUT2D eigenvalue weighted by Crippen LogP contribution is -1.97. The molecule has 2 aromatic carbocycles. The average Bonchev–Trinajstić information content (AvgIpc) is 2.45. The maximum Gasteiger partial charge on any atom is 0.203 e. The van der Waals surface area contributed by atoms with Crippen LogP contribution in [0.15, 0.2) is 42.5 Å². The lowest BCUT2D eigenvalue weighted by molar-refractivity contribution is 0.104. The van der Waals surface area contributed by atoms with Gasteiger partial charge in [-0.15, -0.1) is 0 Å². The Hall–Kier alpha value is -2.95. The molecule has 0 aliphatic carbocycles. The van der Waals surface area contributed by atoms with Crippen molar-refractivity contribution < 1.29 is 24.9 Å². The highest BCUT2D eigenvalue weighted by Gasteiger charge is 2.16. The molecule has 0 heterocycles. The summed E-state index contributed by atoms with van der Waals surface area (Å²) in [4.78, 5) is 12.1. The zero-order valence-corrected chi connectivity index (χ0v) is 11.3. The maximum atomic E-state index is 12.1. The summed E-state index contributed by atoms with van der Waals surface area (Å²) in [6.45, 7) is 0. The topological polar surface area (TPSA) is 87.0 Å². The summed E-state index contributed by atoms with van der Waals surface area (Å²) in [6.07, 6.45) is 2.78. The number of ether oxygens (including phenoxy) is 1. The van der Waals surface area contributed by atoms with Crippen molar-refractivity contribution in [2.75, 3.05) is 7.11 Å². The molecule has 21 heavy (non-hydrogen) atoms. The van der Waals surface area contributed by atoms with Crippen LogP contribution in [0.3, 0.4) is 0 Å². The number of benzene rings is 2. The Morgan fingerprint density at radius 3 is 2.57 bits per heavy atom. The van der Waals surface area contributed by atoms with Crippen LogP contribution in [-0.4, -0.2) is 28.2 Å². The van der Waals surface area contributed by atoms with Gasteiger partial charge in [0.15, 0.2) is 17.3 Å². The Labute approximate surface area is 121 Å². The number of phenols is 3. The first-order valence-corrected chi connectivity index (χ1v) is 6.13. The number of hydrogen-bond donors (Lipinski definition) is 3. The maximum absolute atomic E-state index is 12.1. The van der Waals surface area contributed by atoms with Gasteiger partial charge in [-0.1, -0.05) is 18.2 Å². The molecule has 0 aromatic heterocycles. The number of phenolic OH excluding ortho intramolecular Hbond substituents is 3. The Balaban J connectivity index is 2.29. The van der Waals surface area contributed by atoms with Crippen molar-refractivity contribution in [1.82, 2.24) is 0 Å². The van der Waals surface area contributed by atoms with Crippen molar-refractivity contribution in [2.24, 2.45) is 0 Å². The molecule has 0 spiro atoms. The molecule has 5 heteroatoms. The fourth-order valence-electron chi connectivity index (χ4n) is 1.85. The van der Waals surface area contributed by atoms with E-state index in [9.17, 15) is 20.1 Å². The molecule has 0 amide bonds. The summed E-state index contributed by atoms with van der Waals surface area (Å²) < 4.78 is 4.84. The van der Waals surface area contributed by atoms with Gasteiger partial charge in [-0.2, -0.15) is 0 Å². The van der Waals surface area contributed by atoms with E-state index in [-0.39, 0.29) is 22.8 Å². The first-order chi connectivity index (χ1) is 10.0. The second-order valence-electron chi connectivity index (χ2n) is 4.31. The average molecular weight is 286 g/mol. The number of rotatable bonds is 4. The van der Waals surface area contributed by atoms with Crippen molar-refractivity contribution in [2.45, 2.75) is 0 Å². The highest BCUT2D eigenvalue weighted by molar-refractivity contribution is 6.09. The summed E-state index contributed by atoms with van der Waals surface area (Å²) in [7, 11) is 1.28. The van der Waals surface area contributed by atoms with Crippen LogP contribution in [0.2, 0.25) is 0 Å². The molecule has 2 rings (SSSR count). The summed E-state index contributed by atoms with van der Waals surface area (Å²) in [6, 6.07) is 8.98. The lowest BCUT2D eigenvalue weighted by atomic mass is 10.1. The van der Waals surface area contributed by atoms with Crippen LogP contribution in [0.4, 0.5) is 0 Å². The smallest absolute Gasteiger partial charge is 0.203 e. The highest BCUT2D eigenvalue weighted by atomic mass is 16.5. The number of allylic oxidation sites excluding steroid dienone is 1. The van der Waals surface area contributed by atoms with Gasteiger partial charge in [0.1, 0.15) is 5.75 Å². The molecular formula is C16H14O5. The zero-order valence-electron chi connectivity index (χ0n) is 11.3. The van der Waals surface area contributed by atoms with Gasteiger partial charge in [-0.05, 0) is 35.9 Å². The second kappa shape index (κ2) is 6.00. The highest BCUT2D eigenvalue weighted by Crippen LogP contribution is 2.38. The number of hydrogen-bond acceptors (Lipinski definition) is 5. The van der Waals surface area contributed by atoms with E-state index < -0.39 is 11.5 Å². The third kappa shape index (κ3) is 3.14. The van der Waals surface area contributed by atoms with Crippen LogP contribution in [0.25, 0.3) is 6.08 Å². The molecule has 0 radical (unpaired) electrons. The van der Waals surface area contributed by atoms with Gasteiger partial charge in [0.05, 0.1) is 12.7 Å². The van der Waals surface area contributed by atoms with Crippen molar-refractivity contribution in [3.8, 4) is 23.0 Å². The predicted octanol–water partition coefficient (Wildman–Crippen LogP) is 2.71. The largest absolute Gasteiger partial charge is 0.508 e. The van der Waals surface area contributed by atoms with Gasteiger partial charge in [0.25, 0.3) is 0 Å². The van der Waals surface area contributed by atoms with Crippen molar-refractivity contribution >= 4 is 11.9 Å². The minimum atomic E-state index is -0.450. The van der Waals surface area contributed by atoms with Crippen molar-refractivity contribution in [1.29, 1.82) is 0 Å². The van der Waals surface area contributed by atoms with Gasteiger partial charge in [0.2, 0.25) is 5.75 Å². The van der Waals surface area contributed by atoms with E-state index in [1.165, 1.54) is 43.5 Å². The molecule has 0 saturated carbocycles. The van der Waals surface area contributed by atoms with E-state index >= 15 is 0 Å². The molecule has 3 N–H and O–H groups in total. The molecule has 2 aromatic rings. The molecule has 0 unspecified atom stereocenters. The molecule has 0 saturated heterocycles. The Kier molecular flexibility index (Phi) is 4.13. The van der Waals surface area contributed by atoms with Crippen molar-refractivity contribution in [3.63, 3.8) is 0 Å². The third-order valence-corrected chi connectivity index (χ3v) is 2.88. The summed E-state index contributed by atoms with van der Waals surface area (Å²) in [5.41, 5.74) is 0.662. The number of ketones is 1. The Morgan fingerprint density at radius 2 is 1.90 bits per heavy atom. The second-order valence-corrected chi connectivity index (χ2v) is 4.31. The number of methoxy groups -OCH3 is 1. The summed E-state index contributed by atoms with van der Waals surface area (Å²) >= 11 is 0. The standard InChI is InChI=1S/C16H14O5/c1-21-16-14(19)8-6-12(15(16)20)13(18)7-5-10-3-2-4-11(17)9-10/h2-9,17,19-20H,1H3/b7-5+. The minimum Gasteiger partial charge on any atom is -0.508 e. The molecule has 0 bridgehead atoms. The van der Waals surface area contributed by atoms with Crippen LogP contribution in [-0.2, 0) is 0 Å². The Bertz CT molecular complexity index is 704. The van der Waals surface area contributed by atoms with Crippen LogP contribution < -0.4 is 4.74 Å². The quantitative estimate of drug-likeness (QED) is 0.594. The van der Waals surface area contributed by atoms with E-state index in [2.05, 4.69) is 0 Å². The third-order valence-electron chi connectivity index (χ3n) is 2.88. The molecule has 0 aliphatic rings. The number of carbonyl (C=O) groups excluding carboxylic acids is 1.